The van der Waals surface area contributed by atoms with Gasteiger partial charge < -0.3 is 0 Å². The Bertz CT molecular complexity index is 665. The summed E-state index contributed by atoms with van der Waals surface area (Å²) in [6.45, 7) is 4.70. The van der Waals surface area contributed by atoms with Gasteiger partial charge in [0.05, 0.1) is 5.69 Å². The van der Waals surface area contributed by atoms with E-state index >= 15 is 0 Å². The third kappa shape index (κ3) is 5.47. The third-order valence-corrected chi connectivity index (χ3v) is 2.88. The Morgan fingerprint density at radius 1 is 0.792 bits per heavy atom. The van der Waals surface area contributed by atoms with Gasteiger partial charge in [-0.15, -0.1) is 0 Å². The molecule has 0 spiro atoms. The normalized spacial score (nSPS) is 11.9. The highest BCUT2D eigenvalue weighted by atomic mass is 19.4. The molecule has 9 heteroatoms. The zero-order chi connectivity index (χ0) is 18.5. The number of rotatable bonds is 1. The molecule has 24 heavy (non-hydrogen) atoms. The van der Waals surface area contributed by atoms with Gasteiger partial charge in [-0.2, -0.15) is 26.3 Å². The quantitative estimate of drug-likeness (QED) is 0.677. The van der Waals surface area contributed by atoms with Crippen molar-refractivity contribution in [1.29, 1.82) is 0 Å². The number of pyridine rings is 1. The Balaban J connectivity index is 0.000000243. The molecule has 0 N–H and O–H groups in total. The topological polar surface area (TPSA) is 38.7 Å². The molecule has 0 aliphatic rings. The first kappa shape index (κ1) is 19.9. The molecule has 2 rings (SSSR count). The molecule has 2 aromatic heterocycles. The number of aryl methyl sites for hydroxylation is 1. The highest BCUT2D eigenvalue weighted by Gasteiger charge is 2.35. The molecule has 0 aliphatic carbocycles. The molecule has 0 fully saturated rings. The standard InChI is InChI=1S/C9H10F3N.C6H5F3N2/c1-6(2)7-4-3-5-13-8(7)9(10,11)12;1-4-5(6(7,8)9)11-3-2-10-4/h3-6H,1-2H3;2-3H,1H3. The lowest BCUT2D eigenvalue weighted by atomic mass is 10.0. The van der Waals surface area contributed by atoms with Crippen LogP contribution in [-0.2, 0) is 12.4 Å². The molecule has 0 saturated heterocycles. The fourth-order valence-electron chi connectivity index (χ4n) is 1.81. The van der Waals surface area contributed by atoms with Crippen molar-refractivity contribution in [2.75, 3.05) is 0 Å². The van der Waals surface area contributed by atoms with E-state index in [-0.39, 0.29) is 17.2 Å². The molecule has 2 heterocycles. The van der Waals surface area contributed by atoms with Gasteiger partial charge in [-0.3, -0.25) is 9.97 Å². The number of alkyl halides is 6. The van der Waals surface area contributed by atoms with Crippen LogP contribution in [0.1, 0.15) is 42.4 Å². The molecule has 0 atom stereocenters. The molecule has 0 aliphatic heterocycles. The van der Waals surface area contributed by atoms with E-state index in [2.05, 4.69) is 15.0 Å². The van der Waals surface area contributed by atoms with Gasteiger partial charge in [0.25, 0.3) is 0 Å². The summed E-state index contributed by atoms with van der Waals surface area (Å²) in [5.74, 6) is -0.162. The number of hydrogen-bond donors (Lipinski definition) is 0. The van der Waals surface area contributed by atoms with Gasteiger partial charge in [0.2, 0.25) is 0 Å². The molecular formula is C15H15F6N3. The van der Waals surface area contributed by atoms with Crippen LogP contribution in [-0.4, -0.2) is 15.0 Å². The summed E-state index contributed by atoms with van der Waals surface area (Å²) in [7, 11) is 0. The maximum atomic E-state index is 12.3. The zero-order valence-corrected chi connectivity index (χ0v) is 13.1. The Morgan fingerprint density at radius 2 is 1.29 bits per heavy atom. The fourth-order valence-corrected chi connectivity index (χ4v) is 1.81. The van der Waals surface area contributed by atoms with Gasteiger partial charge in [-0.1, -0.05) is 19.9 Å². The third-order valence-electron chi connectivity index (χ3n) is 2.88. The second kappa shape index (κ2) is 7.59. The van der Waals surface area contributed by atoms with Crippen LogP contribution in [0.2, 0.25) is 0 Å². The van der Waals surface area contributed by atoms with Crippen molar-refractivity contribution in [2.45, 2.75) is 39.0 Å². The molecule has 0 bridgehead atoms. The van der Waals surface area contributed by atoms with Crippen LogP contribution in [0.25, 0.3) is 0 Å². The lowest BCUT2D eigenvalue weighted by Gasteiger charge is -2.13. The Hall–Kier alpha value is -2.19. The maximum Gasteiger partial charge on any atom is 0.435 e. The minimum Gasteiger partial charge on any atom is -0.258 e. The molecule has 0 unspecified atom stereocenters. The summed E-state index contributed by atoms with van der Waals surface area (Å²) in [6.07, 6.45) is -5.33. The summed E-state index contributed by atoms with van der Waals surface area (Å²) < 4.78 is 72.9. The van der Waals surface area contributed by atoms with Gasteiger partial charge >= 0.3 is 12.4 Å². The molecule has 132 valence electrons. The largest absolute Gasteiger partial charge is 0.435 e. The maximum absolute atomic E-state index is 12.3. The van der Waals surface area contributed by atoms with Crippen LogP contribution in [0.5, 0.6) is 0 Å². The number of aromatic nitrogens is 3. The van der Waals surface area contributed by atoms with E-state index in [1.165, 1.54) is 25.3 Å². The zero-order valence-electron chi connectivity index (χ0n) is 13.1. The monoisotopic (exact) mass is 351 g/mol. The predicted octanol–water partition coefficient (Wildman–Crippen LogP) is 5.03. The van der Waals surface area contributed by atoms with E-state index in [9.17, 15) is 26.3 Å². The van der Waals surface area contributed by atoms with Gasteiger partial charge in [0, 0.05) is 18.6 Å². The van der Waals surface area contributed by atoms with Crippen molar-refractivity contribution in [3.63, 3.8) is 0 Å². The number of halogens is 6. The van der Waals surface area contributed by atoms with Crippen LogP contribution in [0.3, 0.4) is 0 Å². The highest BCUT2D eigenvalue weighted by molar-refractivity contribution is 5.25. The molecule has 2 aromatic rings. The minimum atomic E-state index is -4.39. The Morgan fingerprint density at radius 3 is 1.67 bits per heavy atom. The number of hydrogen-bond acceptors (Lipinski definition) is 3. The lowest BCUT2D eigenvalue weighted by molar-refractivity contribution is -0.142. The first-order chi connectivity index (χ1) is 10.9. The van der Waals surface area contributed by atoms with E-state index in [0.29, 0.717) is 0 Å². The molecular weight excluding hydrogens is 336 g/mol. The second-order valence-corrected chi connectivity index (χ2v) is 5.08. The molecule has 0 saturated carbocycles. The van der Waals surface area contributed by atoms with Crippen LogP contribution in [0.15, 0.2) is 30.7 Å². The number of nitrogens with zero attached hydrogens (tertiary/aromatic N) is 3. The van der Waals surface area contributed by atoms with Crippen molar-refractivity contribution in [3.05, 3.63) is 53.4 Å². The molecule has 0 amide bonds. The Labute approximate surface area is 134 Å². The first-order valence-corrected chi connectivity index (χ1v) is 6.81. The van der Waals surface area contributed by atoms with Gasteiger partial charge in [-0.25, -0.2) is 4.98 Å². The smallest absolute Gasteiger partial charge is 0.258 e. The van der Waals surface area contributed by atoms with E-state index in [1.807, 2.05) is 0 Å². The van der Waals surface area contributed by atoms with Crippen LogP contribution in [0.4, 0.5) is 26.3 Å². The van der Waals surface area contributed by atoms with Crippen molar-refractivity contribution < 1.29 is 26.3 Å². The lowest BCUT2D eigenvalue weighted by Crippen LogP contribution is -2.12. The highest BCUT2D eigenvalue weighted by Crippen LogP contribution is 2.33. The average molecular weight is 351 g/mol. The molecule has 0 radical (unpaired) electrons. The average Bonchev–Trinajstić information content (AvgIpc) is 2.46. The van der Waals surface area contributed by atoms with Crippen LogP contribution >= 0.6 is 0 Å². The molecule has 0 aromatic carbocycles. The van der Waals surface area contributed by atoms with Gasteiger partial charge in [0.1, 0.15) is 5.69 Å². The van der Waals surface area contributed by atoms with Gasteiger partial charge in [-0.05, 0) is 24.5 Å². The van der Waals surface area contributed by atoms with E-state index in [1.54, 1.807) is 13.8 Å². The van der Waals surface area contributed by atoms with E-state index < -0.39 is 23.7 Å². The summed E-state index contributed by atoms with van der Waals surface area (Å²) in [6, 6.07) is 2.98. The van der Waals surface area contributed by atoms with Crippen molar-refractivity contribution in [1.82, 2.24) is 15.0 Å². The van der Waals surface area contributed by atoms with E-state index in [0.717, 1.165) is 12.4 Å². The van der Waals surface area contributed by atoms with Crippen LogP contribution in [0, 0.1) is 6.92 Å². The summed E-state index contributed by atoms with van der Waals surface area (Å²) in [4.78, 5) is 9.97. The minimum absolute atomic E-state index is 0.0972. The SMILES string of the molecule is CC(C)c1cccnc1C(F)(F)F.Cc1nccnc1C(F)(F)F. The Kier molecular flexibility index (Phi) is 6.28. The molecule has 3 nitrogen and oxygen atoms in total. The van der Waals surface area contributed by atoms with Gasteiger partial charge in [0.15, 0.2) is 5.69 Å². The summed E-state index contributed by atoms with van der Waals surface area (Å²) in [5, 5.41) is 0. The summed E-state index contributed by atoms with van der Waals surface area (Å²) >= 11 is 0. The van der Waals surface area contributed by atoms with E-state index in [4.69, 9.17) is 0 Å². The predicted molar refractivity (Wildman–Crippen MR) is 75.1 cm³/mol. The first-order valence-electron chi connectivity index (χ1n) is 6.81. The second-order valence-electron chi connectivity index (χ2n) is 5.08. The van der Waals surface area contributed by atoms with Crippen molar-refractivity contribution >= 4 is 0 Å². The van der Waals surface area contributed by atoms with Crippen molar-refractivity contribution in [2.24, 2.45) is 0 Å². The van der Waals surface area contributed by atoms with Crippen molar-refractivity contribution in [3.8, 4) is 0 Å². The fraction of sp³-hybridized carbons (Fsp3) is 0.400. The summed E-state index contributed by atoms with van der Waals surface area (Å²) in [5.41, 5.74) is -1.54. The van der Waals surface area contributed by atoms with Crippen LogP contribution < -0.4 is 0 Å².